The van der Waals surface area contributed by atoms with Crippen LogP contribution in [0, 0.1) is 0 Å². The number of methoxy groups -OCH3 is 3. The van der Waals surface area contributed by atoms with E-state index in [4.69, 9.17) is 14.2 Å². The van der Waals surface area contributed by atoms with Crippen LogP contribution in [0.3, 0.4) is 0 Å². The monoisotopic (exact) mass is 240 g/mol. The van der Waals surface area contributed by atoms with Crippen molar-refractivity contribution in [2.75, 3.05) is 21.3 Å². The normalized spacial score (nSPS) is 16.1. The van der Waals surface area contributed by atoms with Gasteiger partial charge in [0, 0.05) is 13.2 Å². The highest BCUT2D eigenvalue weighted by Crippen LogP contribution is 2.32. The molecule has 4 heteroatoms. The molecule has 0 amide bonds. The molecule has 2 unspecified atom stereocenters. The van der Waals surface area contributed by atoms with E-state index in [1.165, 1.54) is 0 Å². The van der Waals surface area contributed by atoms with Gasteiger partial charge in [0.2, 0.25) is 0 Å². The molecule has 0 fully saturated rings. The molecule has 0 spiro atoms. The van der Waals surface area contributed by atoms with E-state index < -0.39 is 5.60 Å². The van der Waals surface area contributed by atoms with E-state index in [1.54, 1.807) is 46.5 Å². The summed E-state index contributed by atoms with van der Waals surface area (Å²) in [6.45, 7) is 3.52. The van der Waals surface area contributed by atoms with E-state index in [9.17, 15) is 5.11 Å². The fraction of sp³-hybridized carbons (Fsp3) is 0.538. The minimum atomic E-state index is -1.10. The van der Waals surface area contributed by atoms with Crippen LogP contribution in [0.2, 0.25) is 0 Å². The second kappa shape index (κ2) is 5.38. The number of aliphatic hydroxyl groups is 1. The predicted octanol–water partition coefficient (Wildman–Crippen LogP) is 1.95. The third-order valence-corrected chi connectivity index (χ3v) is 3.08. The summed E-state index contributed by atoms with van der Waals surface area (Å²) in [5.41, 5.74) is -0.403. The van der Waals surface area contributed by atoms with E-state index in [1.807, 2.05) is 6.92 Å². The van der Waals surface area contributed by atoms with Gasteiger partial charge >= 0.3 is 0 Å². The summed E-state index contributed by atoms with van der Waals surface area (Å²) < 4.78 is 15.5. The van der Waals surface area contributed by atoms with Gasteiger partial charge in [-0.2, -0.15) is 0 Å². The summed E-state index contributed by atoms with van der Waals surface area (Å²) in [6.07, 6.45) is -0.334. The minimum absolute atomic E-state index is 0.334. The van der Waals surface area contributed by atoms with Crippen LogP contribution in [-0.2, 0) is 10.3 Å². The average molecular weight is 240 g/mol. The molecule has 2 atom stereocenters. The number of hydrogen-bond donors (Lipinski definition) is 1. The van der Waals surface area contributed by atoms with Crippen LogP contribution in [-0.4, -0.2) is 32.5 Å². The van der Waals surface area contributed by atoms with Gasteiger partial charge in [0.1, 0.15) is 17.1 Å². The quantitative estimate of drug-likeness (QED) is 0.854. The van der Waals surface area contributed by atoms with E-state index >= 15 is 0 Å². The minimum Gasteiger partial charge on any atom is -0.497 e. The maximum atomic E-state index is 10.5. The first-order valence-corrected chi connectivity index (χ1v) is 5.44. The average Bonchev–Trinajstić information content (AvgIpc) is 2.36. The lowest BCUT2D eigenvalue weighted by Crippen LogP contribution is -2.35. The van der Waals surface area contributed by atoms with Gasteiger partial charge in [-0.05, 0) is 31.5 Å². The Labute approximate surface area is 102 Å². The van der Waals surface area contributed by atoms with Gasteiger partial charge in [-0.1, -0.05) is 0 Å². The smallest absolute Gasteiger partial charge is 0.122 e. The first-order valence-electron chi connectivity index (χ1n) is 5.44. The molecule has 1 aromatic rings. The number of ether oxygens (including phenoxy) is 3. The molecule has 4 nitrogen and oxygen atoms in total. The largest absolute Gasteiger partial charge is 0.497 e. The van der Waals surface area contributed by atoms with Gasteiger partial charge < -0.3 is 19.3 Å². The summed E-state index contributed by atoms with van der Waals surface area (Å²) in [6, 6.07) is 5.31. The molecule has 1 N–H and O–H groups in total. The third kappa shape index (κ3) is 2.90. The van der Waals surface area contributed by atoms with Crippen molar-refractivity contribution in [2.24, 2.45) is 0 Å². The molecule has 0 aliphatic heterocycles. The van der Waals surface area contributed by atoms with Crippen LogP contribution in [0.1, 0.15) is 19.4 Å². The summed E-state index contributed by atoms with van der Waals surface area (Å²) in [4.78, 5) is 0. The van der Waals surface area contributed by atoms with E-state index in [-0.39, 0.29) is 6.10 Å². The summed E-state index contributed by atoms with van der Waals surface area (Å²) >= 11 is 0. The molecule has 0 aromatic heterocycles. The van der Waals surface area contributed by atoms with Gasteiger partial charge in [-0.3, -0.25) is 0 Å². The van der Waals surface area contributed by atoms with Gasteiger partial charge in [-0.15, -0.1) is 0 Å². The molecule has 1 rings (SSSR count). The van der Waals surface area contributed by atoms with Gasteiger partial charge in [0.05, 0.1) is 20.3 Å². The zero-order valence-corrected chi connectivity index (χ0v) is 11.0. The van der Waals surface area contributed by atoms with E-state index in [0.717, 1.165) is 0 Å². The maximum absolute atomic E-state index is 10.5. The standard InChI is InChI=1S/C13H20O4/c1-9(15-3)13(2,14)10-6-11(16-4)8-12(7-10)17-5/h6-9,14H,1-5H3. The Morgan fingerprint density at radius 3 is 1.88 bits per heavy atom. The molecule has 17 heavy (non-hydrogen) atoms. The Bertz CT molecular complexity index is 351. The number of rotatable bonds is 5. The second-order valence-electron chi connectivity index (χ2n) is 4.13. The van der Waals surface area contributed by atoms with E-state index in [2.05, 4.69) is 0 Å². The van der Waals surface area contributed by atoms with Crippen molar-refractivity contribution in [1.82, 2.24) is 0 Å². The number of hydrogen-bond acceptors (Lipinski definition) is 4. The molecule has 96 valence electrons. The zero-order chi connectivity index (χ0) is 13.1. The highest BCUT2D eigenvalue weighted by atomic mass is 16.5. The summed E-state index contributed by atoms with van der Waals surface area (Å²) in [5.74, 6) is 1.28. The van der Waals surface area contributed by atoms with Crippen LogP contribution in [0.5, 0.6) is 11.5 Å². The van der Waals surface area contributed by atoms with Crippen LogP contribution >= 0.6 is 0 Å². The molecule has 0 aliphatic carbocycles. The molecule has 0 saturated heterocycles. The molecule has 0 radical (unpaired) electrons. The maximum Gasteiger partial charge on any atom is 0.122 e. The Morgan fingerprint density at radius 1 is 1.06 bits per heavy atom. The molecule has 0 saturated carbocycles. The lowest BCUT2D eigenvalue weighted by Gasteiger charge is -2.30. The van der Waals surface area contributed by atoms with Gasteiger partial charge in [0.25, 0.3) is 0 Å². The lowest BCUT2D eigenvalue weighted by atomic mass is 9.90. The van der Waals surface area contributed by atoms with Crippen molar-refractivity contribution in [1.29, 1.82) is 0 Å². The van der Waals surface area contributed by atoms with Crippen molar-refractivity contribution >= 4 is 0 Å². The van der Waals surface area contributed by atoms with Crippen molar-refractivity contribution in [2.45, 2.75) is 25.6 Å². The van der Waals surface area contributed by atoms with Crippen LogP contribution < -0.4 is 9.47 Å². The predicted molar refractivity (Wildman–Crippen MR) is 65.6 cm³/mol. The highest BCUT2D eigenvalue weighted by Gasteiger charge is 2.31. The first-order chi connectivity index (χ1) is 7.95. The Kier molecular flexibility index (Phi) is 4.37. The fourth-order valence-corrected chi connectivity index (χ4v) is 1.56. The van der Waals surface area contributed by atoms with Crippen molar-refractivity contribution in [3.05, 3.63) is 23.8 Å². The third-order valence-electron chi connectivity index (χ3n) is 3.08. The summed E-state index contributed by atoms with van der Waals surface area (Å²) in [7, 11) is 4.72. The van der Waals surface area contributed by atoms with Crippen molar-refractivity contribution in [3.8, 4) is 11.5 Å². The fourth-order valence-electron chi connectivity index (χ4n) is 1.56. The molecule has 0 aliphatic rings. The van der Waals surface area contributed by atoms with Gasteiger partial charge in [-0.25, -0.2) is 0 Å². The molecular weight excluding hydrogens is 220 g/mol. The molecule has 0 bridgehead atoms. The van der Waals surface area contributed by atoms with Crippen molar-refractivity contribution < 1.29 is 19.3 Å². The lowest BCUT2D eigenvalue weighted by molar-refractivity contribution is -0.0773. The van der Waals surface area contributed by atoms with Crippen LogP contribution in [0.4, 0.5) is 0 Å². The molecular formula is C13H20O4. The van der Waals surface area contributed by atoms with Crippen molar-refractivity contribution in [3.63, 3.8) is 0 Å². The highest BCUT2D eigenvalue weighted by molar-refractivity contribution is 5.41. The Hall–Kier alpha value is -1.26. The van der Waals surface area contributed by atoms with Crippen LogP contribution in [0.25, 0.3) is 0 Å². The van der Waals surface area contributed by atoms with E-state index in [0.29, 0.717) is 17.1 Å². The first kappa shape index (κ1) is 13.8. The van der Waals surface area contributed by atoms with Crippen LogP contribution in [0.15, 0.2) is 18.2 Å². The Morgan fingerprint density at radius 2 is 1.53 bits per heavy atom. The molecule has 1 aromatic carbocycles. The Balaban J connectivity index is 3.20. The SMILES string of the molecule is COc1cc(OC)cc(C(C)(O)C(C)OC)c1. The zero-order valence-electron chi connectivity index (χ0n) is 11.0. The topological polar surface area (TPSA) is 47.9 Å². The van der Waals surface area contributed by atoms with Gasteiger partial charge in [0.15, 0.2) is 0 Å². The molecule has 0 heterocycles. The second-order valence-corrected chi connectivity index (χ2v) is 4.13. The number of benzene rings is 1. The summed E-state index contributed by atoms with van der Waals surface area (Å²) in [5, 5.41) is 10.5.